The second-order valence-corrected chi connectivity index (χ2v) is 4.75. The minimum atomic E-state index is -0.476. The molecule has 0 bridgehead atoms. The van der Waals surface area contributed by atoms with Crippen LogP contribution >= 0.6 is 0 Å². The molecule has 0 aliphatic carbocycles. The normalized spacial score (nSPS) is 12.7. The van der Waals surface area contributed by atoms with Crippen molar-refractivity contribution in [2.24, 2.45) is 7.05 Å². The second-order valence-electron chi connectivity index (χ2n) is 4.75. The van der Waals surface area contributed by atoms with Crippen LogP contribution in [0.4, 0.5) is 0 Å². The summed E-state index contributed by atoms with van der Waals surface area (Å²) in [5.41, 5.74) is 3.58. The lowest BCUT2D eigenvalue weighted by atomic mass is 10.0. The number of nitrogens with zero attached hydrogens (tertiary/aromatic N) is 4. The van der Waals surface area contributed by atoms with Crippen LogP contribution in [0.3, 0.4) is 0 Å². The quantitative estimate of drug-likeness (QED) is 0.873. The van der Waals surface area contributed by atoms with Gasteiger partial charge in [-0.2, -0.15) is 4.80 Å². The number of aliphatic hydroxyl groups is 1. The SMILES string of the molecule is Cc1cc(C)cc(CC(O)Cc2nnn(C)n2)c1. The van der Waals surface area contributed by atoms with Crippen LogP contribution < -0.4 is 0 Å². The summed E-state index contributed by atoms with van der Waals surface area (Å²) < 4.78 is 0. The molecule has 0 amide bonds. The van der Waals surface area contributed by atoms with Crippen molar-refractivity contribution in [3.8, 4) is 0 Å². The third-order valence-corrected chi connectivity index (χ3v) is 2.72. The highest BCUT2D eigenvalue weighted by molar-refractivity contribution is 5.29. The van der Waals surface area contributed by atoms with E-state index < -0.39 is 6.10 Å². The molecule has 1 atom stereocenters. The van der Waals surface area contributed by atoms with E-state index in [1.54, 1.807) is 7.05 Å². The molecule has 1 unspecified atom stereocenters. The van der Waals surface area contributed by atoms with Crippen molar-refractivity contribution < 1.29 is 5.11 Å². The molecule has 0 saturated heterocycles. The molecule has 1 heterocycles. The Hall–Kier alpha value is -1.75. The number of aryl methyl sites for hydroxylation is 3. The summed E-state index contributed by atoms with van der Waals surface area (Å²) >= 11 is 0. The Bertz CT molecular complexity index is 515. The topological polar surface area (TPSA) is 63.8 Å². The lowest BCUT2D eigenvalue weighted by Crippen LogP contribution is -2.15. The number of aliphatic hydroxyl groups excluding tert-OH is 1. The molecule has 2 rings (SSSR count). The van der Waals surface area contributed by atoms with E-state index in [4.69, 9.17) is 0 Å². The highest BCUT2D eigenvalue weighted by Crippen LogP contribution is 2.12. The third-order valence-electron chi connectivity index (χ3n) is 2.72. The van der Waals surface area contributed by atoms with Gasteiger partial charge in [0.1, 0.15) is 0 Å². The first kappa shape index (κ1) is 12.7. The molecule has 5 nitrogen and oxygen atoms in total. The zero-order chi connectivity index (χ0) is 13.1. The summed E-state index contributed by atoms with van der Waals surface area (Å²) in [6, 6.07) is 6.32. The first-order valence-electron chi connectivity index (χ1n) is 6.01. The number of rotatable bonds is 4. The smallest absolute Gasteiger partial charge is 0.177 e. The Morgan fingerprint density at radius 2 is 1.83 bits per heavy atom. The van der Waals surface area contributed by atoms with Gasteiger partial charge in [-0.1, -0.05) is 29.3 Å². The van der Waals surface area contributed by atoms with Gasteiger partial charge in [-0.15, -0.1) is 10.2 Å². The van der Waals surface area contributed by atoms with Crippen LogP contribution in [0.2, 0.25) is 0 Å². The number of hydrogen-bond donors (Lipinski definition) is 1. The van der Waals surface area contributed by atoms with E-state index in [0.717, 1.165) is 5.56 Å². The number of benzene rings is 1. The molecular formula is C13H18N4O. The molecule has 2 aromatic rings. The van der Waals surface area contributed by atoms with Crippen molar-refractivity contribution in [2.45, 2.75) is 32.8 Å². The summed E-state index contributed by atoms with van der Waals surface area (Å²) in [4.78, 5) is 1.40. The molecule has 5 heteroatoms. The first-order chi connectivity index (χ1) is 8.52. The zero-order valence-corrected chi connectivity index (χ0v) is 11.0. The Morgan fingerprint density at radius 1 is 1.17 bits per heavy atom. The van der Waals surface area contributed by atoms with Gasteiger partial charge < -0.3 is 5.11 Å². The number of aromatic nitrogens is 4. The standard InChI is InChI=1S/C13H18N4O/c1-9-4-10(2)6-11(5-9)7-12(18)8-13-14-16-17(3)15-13/h4-6,12,18H,7-8H2,1-3H3. The van der Waals surface area contributed by atoms with Crippen LogP contribution in [0, 0.1) is 13.8 Å². The van der Waals surface area contributed by atoms with Crippen molar-refractivity contribution in [1.82, 2.24) is 20.2 Å². The Kier molecular flexibility index (Phi) is 3.72. The summed E-state index contributed by atoms with van der Waals surface area (Å²) in [6.45, 7) is 4.13. The lowest BCUT2D eigenvalue weighted by Gasteiger charge is -2.09. The van der Waals surface area contributed by atoms with Gasteiger partial charge in [0, 0.05) is 6.42 Å². The summed E-state index contributed by atoms with van der Waals surface area (Å²) in [5.74, 6) is 0.578. The van der Waals surface area contributed by atoms with Crippen molar-refractivity contribution in [3.63, 3.8) is 0 Å². The Labute approximate surface area is 106 Å². The van der Waals surface area contributed by atoms with Crippen LogP contribution in [0.15, 0.2) is 18.2 Å². The van der Waals surface area contributed by atoms with E-state index in [9.17, 15) is 5.11 Å². The van der Waals surface area contributed by atoms with Gasteiger partial charge in [-0.25, -0.2) is 0 Å². The molecule has 1 N–H and O–H groups in total. The highest BCUT2D eigenvalue weighted by atomic mass is 16.3. The number of tetrazole rings is 1. The molecule has 0 aliphatic heterocycles. The average Bonchev–Trinajstić information content (AvgIpc) is 2.61. The molecule has 1 aromatic heterocycles. The molecule has 0 fully saturated rings. The minimum absolute atomic E-state index is 0.431. The molecule has 0 radical (unpaired) electrons. The van der Waals surface area contributed by atoms with Crippen LogP contribution in [0.25, 0.3) is 0 Å². The first-order valence-corrected chi connectivity index (χ1v) is 6.01. The fraction of sp³-hybridized carbons (Fsp3) is 0.462. The molecule has 0 saturated carbocycles. The van der Waals surface area contributed by atoms with E-state index in [1.807, 2.05) is 0 Å². The summed E-state index contributed by atoms with van der Waals surface area (Å²) in [5, 5.41) is 21.7. The van der Waals surface area contributed by atoms with Gasteiger partial charge in [0.05, 0.1) is 13.2 Å². The van der Waals surface area contributed by atoms with Gasteiger partial charge in [-0.3, -0.25) is 0 Å². The zero-order valence-electron chi connectivity index (χ0n) is 11.0. The largest absolute Gasteiger partial charge is 0.392 e. The predicted octanol–water partition coefficient (Wildman–Crippen LogP) is 0.973. The fourth-order valence-corrected chi connectivity index (χ4v) is 2.15. The monoisotopic (exact) mass is 246 g/mol. The van der Waals surface area contributed by atoms with Crippen LogP contribution in [0.1, 0.15) is 22.5 Å². The number of hydrogen-bond acceptors (Lipinski definition) is 4. The minimum Gasteiger partial charge on any atom is -0.392 e. The van der Waals surface area contributed by atoms with Crippen LogP contribution in [0.5, 0.6) is 0 Å². The van der Waals surface area contributed by atoms with Crippen molar-refractivity contribution in [1.29, 1.82) is 0 Å². The second kappa shape index (κ2) is 5.27. The van der Waals surface area contributed by atoms with Gasteiger partial charge in [0.15, 0.2) is 5.82 Å². The van der Waals surface area contributed by atoms with Crippen molar-refractivity contribution >= 4 is 0 Å². The van der Waals surface area contributed by atoms with E-state index in [-0.39, 0.29) is 0 Å². The van der Waals surface area contributed by atoms with Crippen LogP contribution in [-0.4, -0.2) is 31.4 Å². The predicted molar refractivity (Wildman–Crippen MR) is 68.1 cm³/mol. The van der Waals surface area contributed by atoms with E-state index >= 15 is 0 Å². The van der Waals surface area contributed by atoms with Gasteiger partial charge in [0.25, 0.3) is 0 Å². The van der Waals surface area contributed by atoms with Gasteiger partial charge in [0.2, 0.25) is 0 Å². The Balaban J connectivity index is 2.00. The highest BCUT2D eigenvalue weighted by Gasteiger charge is 2.11. The fourth-order valence-electron chi connectivity index (χ4n) is 2.15. The lowest BCUT2D eigenvalue weighted by molar-refractivity contribution is 0.173. The van der Waals surface area contributed by atoms with Crippen molar-refractivity contribution in [3.05, 3.63) is 40.7 Å². The molecule has 96 valence electrons. The van der Waals surface area contributed by atoms with E-state index in [0.29, 0.717) is 18.7 Å². The summed E-state index contributed by atoms with van der Waals surface area (Å²) in [7, 11) is 1.72. The van der Waals surface area contributed by atoms with Gasteiger partial charge >= 0.3 is 0 Å². The van der Waals surface area contributed by atoms with Crippen LogP contribution in [-0.2, 0) is 19.9 Å². The van der Waals surface area contributed by atoms with E-state index in [2.05, 4.69) is 47.5 Å². The molecular weight excluding hydrogens is 228 g/mol. The van der Waals surface area contributed by atoms with E-state index in [1.165, 1.54) is 15.9 Å². The van der Waals surface area contributed by atoms with Gasteiger partial charge in [-0.05, 0) is 31.0 Å². The molecule has 18 heavy (non-hydrogen) atoms. The molecule has 1 aromatic carbocycles. The molecule has 0 aliphatic rings. The maximum atomic E-state index is 10.0. The Morgan fingerprint density at radius 3 is 2.39 bits per heavy atom. The maximum Gasteiger partial charge on any atom is 0.177 e. The third kappa shape index (κ3) is 3.37. The summed E-state index contributed by atoms with van der Waals surface area (Å²) in [6.07, 6.45) is 0.567. The van der Waals surface area contributed by atoms with Crippen molar-refractivity contribution in [2.75, 3.05) is 0 Å². The maximum absolute atomic E-state index is 10.0. The average molecular weight is 246 g/mol. The molecule has 0 spiro atoms.